The van der Waals surface area contributed by atoms with E-state index in [9.17, 15) is 4.79 Å². The molecule has 1 N–H and O–H groups in total. The Morgan fingerprint density at radius 2 is 1.92 bits per heavy atom. The van der Waals surface area contributed by atoms with E-state index in [0.717, 1.165) is 18.6 Å². The van der Waals surface area contributed by atoms with Crippen LogP contribution < -0.4 is 0 Å². The maximum Gasteiger partial charge on any atom is 0.316 e. The first-order chi connectivity index (χ1) is 5.61. The minimum absolute atomic E-state index is 0.259. The van der Waals surface area contributed by atoms with Gasteiger partial charge in [0.15, 0.2) is 0 Å². The quantitative estimate of drug-likeness (QED) is 0.699. The average molecular weight is 190 g/mol. The van der Waals surface area contributed by atoms with Crippen LogP contribution in [-0.2, 0) is 4.79 Å². The minimum Gasteiger partial charge on any atom is -0.480 e. The molecule has 0 aliphatic heterocycles. The highest BCUT2D eigenvalue weighted by Gasteiger charge is 2.13. The molecule has 0 amide bonds. The molecule has 0 fully saturated rings. The molecule has 0 aromatic carbocycles. The Bertz CT molecular complexity index is 132. The standard InChI is InChI=1S/C9H18O2S/c1-4-8(5-2)6-12-7(3)9(10)11/h7-8H,4-6H2,1-3H3,(H,10,11). The lowest BCUT2D eigenvalue weighted by molar-refractivity contribution is -0.136. The Labute approximate surface area is 78.7 Å². The average Bonchev–Trinajstić information content (AvgIpc) is 2.05. The Morgan fingerprint density at radius 3 is 2.25 bits per heavy atom. The molecule has 0 aliphatic carbocycles. The summed E-state index contributed by atoms with van der Waals surface area (Å²) >= 11 is 1.54. The molecule has 12 heavy (non-hydrogen) atoms. The molecule has 0 aromatic rings. The van der Waals surface area contributed by atoms with Crippen LogP contribution >= 0.6 is 11.8 Å². The summed E-state index contributed by atoms with van der Waals surface area (Å²) in [6.45, 7) is 6.05. The van der Waals surface area contributed by atoms with Crippen molar-refractivity contribution in [2.75, 3.05) is 5.75 Å². The second-order valence-electron chi connectivity index (χ2n) is 3.00. The monoisotopic (exact) mass is 190 g/mol. The van der Waals surface area contributed by atoms with Gasteiger partial charge in [-0.2, -0.15) is 0 Å². The van der Waals surface area contributed by atoms with Gasteiger partial charge >= 0.3 is 5.97 Å². The van der Waals surface area contributed by atoms with Gasteiger partial charge in [0.2, 0.25) is 0 Å². The first-order valence-corrected chi connectivity index (χ1v) is 5.51. The Balaban J connectivity index is 3.58. The van der Waals surface area contributed by atoms with Gasteiger partial charge in [-0.25, -0.2) is 0 Å². The zero-order valence-corrected chi connectivity index (χ0v) is 8.86. The number of rotatable bonds is 6. The second-order valence-corrected chi connectivity index (χ2v) is 4.37. The summed E-state index contributed by atoms with van der Waals surface area (Å²) in [6, 6.07) is 0. The molecule has 3 heteroatoms. The van der Waals surface area contributed by atoms with Crippen molar-refractivity contribution in [2.45, 2.75) is 38.9 Å². The van der Waals surface area contributed by atoms with Gasteiger partial charge in [-0.05, 0) is 18.6 Å². The highest BCUT2D eigenvalue weighted by Crippen LogP contribution is 2.19. The molecule has 0 heterocycles. The molecular weight excluding hydrogens is 172 g/mol. The zero-order valence-electron chi connectivity index (χ0n) is 8.04. The molecule has 0 saturated heterocycles. The van der Waals surface area contributed by atoms with Gasteiger partial charge < -0.3 is 5.11 Å². The van der Waals surface area contributed by atoms with Crippen molar-refractivity contribution in [1.29, 1.82) is 0 Å². The Kier molecular flexibility index (Phi) is 6.25. The number of hydrogen-bond donors (Lipinski definition) is 1. The van der Waals surface area contributed by atoms with Crippen molar-refractivity contribution in [3.8, 4) is 0 Å². The van der Waals surface area contributed by atoms with Crippen LogP contribution in [-0.4, -0.2) is 22.1 Å². The third kappa shape index (κ3) is 4.65. The lowest BCUT2D eigenvalue weighted by atomic mass is 10.1. The topological polar surface area (TPSA) is 37.3 Å². The van der Waals surface area contributed by atoms with E-state index < -0.39 is 5.97 Å². The SMILES string of the molecule is CCC(CC)CSC(C)C(=O)O. The van der Waals surface area contributed by atoms with E-state index in [1.54, 1.807) is 18.7 Å². The summed E-state index contributed by atoms with van der Waals surface area (Å²) in [5.74, 6) is 0.947. The summed E-state index contributed by atoms with van der Waals surface area (Å²) in [4.78, 5) is 10.5. The largest absolute Gasteiger partial charge is 0.480 e. The van der Waals surface area contributed by atoms with Crippen molar-refractivity contribution in [1.82, 2.24) is 0 Å². The summed E-state index contributed by atoms with van der Waals surface area (Å²) < 4.78 is 0. The van der Waals surface area contributed by atoms with Gasteiger partial charge in [-0.15, -0.1) is 11.8 Å². The first-order valence-electron chi connectivity index (χ1n) is 4.46. The number of aliphatic carboxylic acids is 1. The van der Waals surface area contributed by atoms with Crippen molar-refractivity contribution >= 4 is 17.7 Å². The van der Waals surface area contributed by atoms with Crippen LogP contribution in [0.2, 0.25) is 0 Å². The van der Waals surface area contributed by atoms with Gasteiger partial charge in [-0.1, -0.05) is 26.7 Å². The highest BCUT2D eigenvalue weighted by molar-refractivity contribution is 8.00. The molecular formula is C9H18O2S. The number of carbonyl (C=O) groups is 1. The molecule has 1 atom stereocenters. The van der Waals surface area contributed by atoms with Crippen LogP contribution in [0.3, 0.4) is 0 Å². The van der Waals surface area contributed by atoms with Crippen molar-refractivity contribution in [3.05, 3.63) is 0 Å². The van der Waals surface area contributed by atoms with Crippen LogP contribution in [0.25, 0.3) is 0 Å². The van der Waals surface area contributed by atoms with Crippen molar-refractivity contribution in [3.63, 3.8) is 0 Å². The lowest BCUT2D eigenvalue weighted by Crippen LogP contribution is -2.14. The van der Waals surface area contributed by atoms with E-state index >= 15 is 0 Å². The van der Waals surface area contributed by atoms with E-state index in [0.29, 0.717) is 5.92 Å². The fraction of sp³-hybridized carbons (Fsp3) is 0.889. The number of hydrogen-bond acceptors (Lipinski definition) is 2. The molecule has 0 saturated carbocycles. The predicted octanol–water partition coefficient (Wildman–Crippen LogP) is 2.63. The Morgan fingerprint density at radius 1 is 1.42 bits per heavy atom. The number of carboxylic acids is 1. The number of thioether (sulfide) groups is 1. The van der Waals surface area contributed by atoms with Crippen LogP contribution in [0.1, 0.15) is 33.6 Å². The maximum absolute atomic E-state index is 10.5. The summed E-state index contributed by atoms with van der Waals surface area (Å²) in [5, 5.41) is 8.36. The summed E-state index contributed by atoms with van der Waals surface area (Å²) in [6.07, 6.45) is 2.30. The lowest BCUT2D eigenvalue weighted by Gasteiger charge is -2.13. The summed E-state index contributed by atoms with van der Waals surface area (Å²) in [5.41, 5.74) is 0. The number of carboxylic acid groups (broad SMARTS) is 1. The van der Waals surface area contributed by atoms with E-state index in [4.69, 9.17) is 5.11 Å². The summed E-state index contributed by atoms with van der Waals surface area (Å²) in [7, 11) is 0. The molecule has 2 nitrogen and oxygen atoms in total. The fourth-order valence-corrected chi connectivity index (χ4v) is 2.05. The molecule has 0 bridgehead atoms. The van der Waals surface area contributed by atoms with Gasteiger partial charge in [0, 0.05) is 0 Å². The van der Waals surface area contributed by atoms with E-state index in [2.05, 4.69) is 13.8 Å². The third-order valence-electron chi connectivity index (χ3n) is 2.08. The highest BCUT2D eigenvalue weighted by atomic mass is 32.2. The van der Waals surface area contributed by atoms with Crippen LogP contribution in [0.4, 0.5) is 0 Å². The van der Waals surface area contributed by atoms with Gasteiger partial charge in [0.25, 0.3) is 0 Å². The smallest absolute Gasteiger partial charge is 0.316 e. The maximum atomic E-state index is 10.5. The van der Waals surface area contributed by atoms with E-state index in [1.165, 1.54) is 0 Å². The predicted molar refractivity (Wildman–Crippen MR) is 53.6 cm³/mol. The molecule has 72 valence electrons. The van der Waals surface area contributed by atoms with Gasteiger partial charge in [-0.3, -0.25) is 4.79 Å². The first kappa shape index (κ1) is 11.8. The molecule has 0 spiro atoms. The second kappa shape index (κ2) is 6.35. The van der Waals surface area contributed by atoms with Crippen LogP contribution in [0.5, 0.6) is 0 Å². The Hall–Kier alpha value is -0.180. The zero-order chi connectivity index (χ0) is 9.56. The molecule has 0 rings (SSSR count). The van der Waals surface area contributed by atoms with Crippen LogP contribution in [0, 0.1) is 5.92 Å². The third-order valence-corrected chi connectivity index (χ3v) is 3.45. The van der Waals surface area contributed by atoms with Crippen molar-refractivity contribution in [2.24, 2.45) is 5.92 Å². The van der Waals surface area contributed by atoms with E-state index in [-0.39, 0.29) is 5.25 Å². The normalized spacial score (nSPS) is 13.3. The van der Waals surface area contributed by atoms with E-state index in [1.807, 2.05) is 0 Å². The van der Waals surface area contributed by atoms with Crippen LogP contribution in [0.15, 0.2) is 0 Å². The van der Waals surface area contributed by atoms with Gasteiger partial charge in [0.05, 0.1) is 5.25 Å². The van der Waals surface area contributed by atoms with Gasteiger partial charge in [0.1, 0.15) is 0 Å². The fourth-order valence-electron chi connectivity index (χ4n) is 0.876. The molecule has 0 aromatic heterocycles. The molecule has 0 aliphatic rings. The van der Waals surface area contributed by atoms with Crippen molar-refractivity contribution < 1.29 is 9.90 Å². The molecule has 1 unspecified atom stereocenters. The molecule has 0 radical (unpaired) electrons. The minimum atomic E-state index is -0.703.